The molecule has 2 N–H and O–H groups in total. The van der Waals surface area contributed by atoms with E-state index in [1.54, 1.807) is 24.3 Å². The lowest BCUT2D eigenvalue weighted by molar-refractivity contribution is -0.126. The van der Waals surface area contributed by atoms with Crippen molar-refractivity contribution in [3.05, 3.63) is 101 Å². The second-order valence-corrected chi connectivity index (χ2v) is 8.74. The lowest BCUT2D eigenvalue weighted by atomic mass is 10.00. The molecule has 1 aliphatic rings. The van der Waals surface area contributed by atoms with Gasteiger partial charge in [0.2, 0.25) is 5.91 Å². The number of amides is 3. The molecule has 1 fully saturated rings. The van der Waals surface area contributed by atoms with Crippen molar-refractivity contribution < 1.29 is 23.5 Å². The average Bonchev–Trinajstić information content (AvgIpc) is 3.20. The number of halogens is 1. The predicted molar refractivity (Wildman–Crippen MR) is 134 cm³/mol. The van der Waals surface area contributed by atoms with E-state index in [1.807, 2.05) is 38.1 Å². The minimum atomic E-state index is -0.881. The third kappa shape index (κ3) is 5.71. The van der Waals surface area contributed by atoms with Gasteiger partial charge in [-0.1, -0.05) is 48.9 Å². The van der Waals surface area contributed by atoms with Crippen LogP contribution in [-0.2, 0) is 16.1 Å². The maximum Gasteiger partial charge on any atom is 0.411 e. The average molecular weight is 490 g/mol. The highest BCUT2D eigenvalue weighted by atomic mass is 19.1. The van der Waals surface area contributed by atoms with Crippen LogP contribution in [0.1, 0.15) is 46.5 Å². The molecule has 1 heterocycles. The van der Waals surface area contributed by atoms with E-state index in [0.29, 0.717) is 23.4 Å². The number of cyclic esters (lactones) is 1. The van der Waals surface area contributed by atoms with Crippen LogP contribution in [0.2, 0.25) is 0 Å². The van der Waals surface area contributed by atoms with Crippen molar-refractivity contribution >= 4 is 23.6 Å². The summed E-state index contributed by atoms with van der Waals surface area (Å²) in [6, 6.07) is 18.9. The van der Waals surface area contributed by atoms with Gasteiger partial charge in [-0.15, -0.1) is 0 Å². The molecule has 0 aromatic heterocycles. The summed E-state index contributed by atoms with van der Waals surface area (Å²) in [6.45, 7) is 4.63. The Bertz CT molecular complexity index is 1240. The fourth-order valence-electron chi connectivity index (χ4n) is 4.05. The zero-order valence-electron chi connectivity index (χ0n) is 20.2. The molecule has 3 aromatic rings. The van der Waals surface area contributed by atoms with E-state index in [-0.39, 0.29) is 12.5 Å². The summed E-state index contributed by atoms with van der Waals surface area (Å²) in [4.78, 5) is 40.1. The molecule has 0 bridgehead atoms. The van der Waals surface area contributed by atoms with Gasteiger partial charge in [-0.25, -0.2) is 9.18 Å². The van der Waals surface area contributed by atoms with E-state index in [2.05, 4.69) is 10.6 Å². The molecule has 0 saturated carbocycles. The molecule has 7 nitrogen and oxygen atoms in total. The number of carbonyl (C=O) groups is 3. The first-order valence-electron chi connectivity index (χ1n) is 11.8. The molecule has 4 rings (SSSR count). The van der Waals surface area contributed by atoms with Gasteiger partial charge >= 0.3 is 6.09 Å². The number of rotatable bonds is 8. The Hall–Kier alpha value is -4.20. The van der Waals surface area contributed by atoms with Crippen molar-refractivity contribution in [3.63, 3.8) is 0 Å². The summed E-state index contributed by atoms with van der Waals surface area (Å²) >= 11 is 0. The third-order valence-corrected chi connectivity index (χ3v) is 5.96. The maximum atomic E-state index is 13.2. The van der Waals surface area contributed by atoms with E-state index in [9.17, 15) is 18.8 Å². The zero-order chi connectivity index (χ0) is 25.7. The van der Waals surface area contributed by atoms with Crippen LogP contribution in [0.3, 0.4) is 0 Å². The lowest BCUT2D eigenvalue weighted by Gasteiger charge is -2.24. The fourth-order valence-corrected chi connectivity index (χ4v) is 4.05. The highest BCUT2D eigenvalue weighted by Crippen LogP contribution is 2.35. The predicted octanol–water partition coefficient (Wildman–Crippen LogP) is 4.97. The van der Waals surface area contributed by atoms with Crippen molar-refractivity contribution in [2.75, 3.05) is 11.9 Å². The van der Waals surface area contributed by atoms with Gasteiger partial charge in [0.05, 0.1) is 6.54 Å². The molecule has 1 aliphatic heterocycles. The Balaban J connectivity index is 1.59. The molecular formula is C28H28FN3O4. The molecule has 3 amide bonds. The van der Waals surface area contributed by atoms with Crippen molar-refractivity contribution in [1.82, 2.24) is 10.2 Å². The van der Waals surface area contributed by atoms with Crippen LogP contribution >= 0.6 is 0 Å². The Morgan fingerprint density at radius 2 is 1.75 bits per heavy atom. The number of anilines is 1. The Labute approximate surface area is 209 Å². The van der Waals surface area contributed by atoms with Crippen LogP contribution in [-0.4, -0.2) is 35.4 Å². The fraction of sp³-hybridized carbons (Fsp3) is 0.250. The molecule has 36 heavy (non-hydrogen) atoms. The van der Waals surface area contributed by atoms with Gasteiger partial charge in [-0.2, -0.15) is 0 Å². The number of benzene rings is 3. The van der Waals surface area contributed by atoms with Gasteiger partial charge < -0.3 is 15.4 Å². The molecule has 2 atom stereocenters. The minimum Gasteiger partial charge on any atom is -0.438 e. The van der Waals surface area contributed by atoms with Gasteiger partial charge in [0, 0.05) is 17.8 Å². The third-order valence-electron chi connectivity index (χ3n) is 5.96. The second kappa shape index (κ2) is 11.0. The summed E-state index contributed by atoms with van der Waals surface area (Å²) in [5.74, 6) is -1.14. The molecule has 186 valence electrons. The van der Waals surface area contributed by atoms with Crippen molar-refractivity contribution in [2.45, 2.75) is 39.0 Å². The van der Waals surface area contributed by atoms with Crippen LogP contribution in [0.4, 0.5) is 14.9 Å². The van der Waals surface area contributed by atoms with Crippen molar-refractivity contribution in [3.8, 4) is 0 Å². The maximum absolute atomic E-state index is 13.2. The summed E-state index contributed by atoms with van der Waals surface area (Å²) in [5.41, 5.74) is 3.31. The highest BCUT2D eigenvalue weighted by Gasteiger charge is 2.46. The Morgan fingerprint density at radius 3 is 2.44 bits per heavy atom. The summed E-state index contributed by atoms with van der Waals surface area (Å²) in [6.07, 6.45) is -0.693. The highest BCUT2D eigenvalue weighted by molar-refractivity contribution is 6.04. The van der Waals surface area contributed by atoms with E-state index in [4.69, 9.17) is 4.74 Å². The van der Waals surface area contributed by atoms with Crippen molar-refractivity contribution in [1.29, 1.82) is 0 Å². The first kappa shape index (κ1) is 24.9. The van der Waals surface area contributed by atoms with E-state index < -0.39 is 30.0 Å². The van der Waals surface area contributed by atoms with Gasteiger partial charge in [0.1, 0.15) is 5.82 Å². The molecule has 0 unspecified atom stereocenters. The van der Waals surface area contributed by atoms with Crippen LogP contribution in [0.25, 0.3) is 0 Å². The van der Waals surface area contributed by atoms with E-state index >= 15 is 0 Å². The molecular weight excluding hydrogens is 461 g/mol. The van der Waals surface area contributed by atoms with Crippen LogP contribution in [0.5, 0.6) is 0 Å². The Kier molecular flexibility index (Phi) is 7.63. The molecule has 8 heteroatoms. The molecule has 1 saturated heterocycles. The SMILES string of the molecule is CCCNC(=O)[C@H]1[C@H](c2cccc(NC(=O)c3ccc(F)cc3)c2)OC(=O)N1Cc1ccc(C)cc1. The minimum absolute atomic E-state index is 0.223. The first-order chi connectivity index (χ1) is 17.4. The quantitative estimate of drug-likeness (QED) is 0.468. The summed E-state index contributed by atoms with van der Waals surface area (Å²) < 4.78 is 18.9. The summed E-state index contributed by atoms with van der Waals surface area (Å²) in [5, 5.41) is 5.65. The van der Waals surface area contributed by atoms with Gasteiger partial charge in [0.25, 0.3) is 5.91 Å². The standard InChI is InChI=1S/C28H28FN3O4/c1-3-15-30-27(34)24-25(36-28(35)32(24)17-19-9-7-18(2)8-10-19)21-5-4-6-23(16-21)31-26(33)20-11-13-22(29)14-12-20/h4-14,16,24-25H,3,15,17H2,1-2H3,(H,30,34)(H,31,33)/t24-,25+/m1/s1. The summed E-state index contributed by atoms with van der Waals surface area (Å²) in [7, 11) is 0. The largest absolute Gasteiger partial charge is 0.438 e. The molecule has 0 aliphatic carbocycles. The second-order valence-electron chi connectivity index (χ2n) is 8.74. The molecule has 0 radical (unpaired) electrons. The van der Waals surface area contributed by atoms with Crippen LogP contribution < -0.4 is 10.6 Å². The number of hydrogen-bond donors (Lipinski definition) is 2. The monoisotopic (exact) mass is 489 g/mol. The normalized spacial score (nSPS) is 17.0. The number of carbonyl (C=O) groups excluding carboxylic acids is 3. The number of nitrogens with zero attached hydrogens (tertiary/aromatic N) is 1. The number of hydrogen-bond acceptors (Lipinski definition) is 4. The topological polar surface area (TPSA) is 87.7 Å². The van der Waals surface area contributed by atoms with E-state index in [0.717, 1.165) is 17.5 Å². The van der Waals surface area contributed by atoms with Gasteiger partial charge in [0.15, 0.2) is 12.1 Å². The van der Waals surface area contributed by atoms with Crippen molar-refractivity contribution in [2.24, 2.45) is 0 Å². The number of ether oxygens (including phenoxy) is 1. The van der Waals surface area contributed by atoms with Crippen LogP contribution in [0.15, 0.2) is 72.8 Å². The van der Waals surface area contributed by atoms with E-state index in [1.165, 1.54) is 29.2 Å². The zero-order valence-corrected chi connectivity index (χ0v) is 20.2. The molecule has 3 aromatic carbocycles. The van der Waals surface area contributed by atoms with Gasteiger partial charge in [-0.05, 0) is 60.9 Å². The Morgan fingerprint density at radius 1 is 1.03 bits per heavy atom. The number of nitrogens with one attached hydrogen (secondary N) is 2. The smallest absolute Gasteiger partial charge is 0.411 e. The molecule has 0 spiro atoms. The van der Waals surface area contributed by atoms with Crippen LogP contribution in [0, 0.1) is 12.7 Å². The van der Waals surface area contributed by atoms with Gasteiger partial charge in [-0.3, -0.25) is 14.5 Å². The first-order valence-corrected chi connectivity index (χ1v) is 11.8. The number of aryl methyl sites for hydroxylation is 1. The lowest BCUT2D eigenvalue weighted by Crippen LogP contribution is -2.46.